The number of aldehydes is 1. The molecule has 2 aliphatic carbocycles. The van der Waals surface area contributed by atoms with Crippen molar-refractivity contribution in [3.63, 3.8) is 0 Å². The molecule has 1 fully saturated rings. The van der Waals surface area contributed by atoms with Crippen LogP contribution in [-0.2, 0) is 14.3 Å². The average Bonchev–Trinajstić information content (AvgIpc) is 2.35. The van der Waals surface area contributed by atoms with Crippen molar-refractivity contribution in [2.24, 2.45) is 22.7 Å². The van der Waals surface area contributed by atoms with E-state index in [1.54, 1.807) is 0 Å². The van der Waals surface area contributed by atoms with Gasteiger partial charge in [-0.2, -0.15) is 0 Å². The van der Waals surface area contributed by atoms with Crippen molar-refractivity contribution in [3.8, 4) is 0 Å². The van der Waals surface area contributed by atoms with E-state index < -0.39 is 5.92 Å². The van der Waals surface area contributed by atoms with E-state index in [0.29, 0.717) is 11.5 Å². The van der Waals surface area contributed by atoms with Gasteiger partial charge in [-0.3, -0.25) is 9.59 Å². The summed E-state index contributed by atoms with van der Waals surface area (Å²) in [5.41, 5.74) is 0.674. The molecule has 3 heteroatoms. The molecular weight excluding hydrogens is 240 g/mol. The first-order valence-electron chi connectivity index (χ1n) is 7.10. The third-order valence-electron chi connectivity index (χ3n) is 5.43. The molecular formula is C16H24O3. The highest BCUT2D eigenvalue weighted by molar-refractivity contribution is 5.88. The molecule has 2 aliphatic rings. The maximum absolute atomic E-state index is 12.2. The first-order chi connectivity index (χ1) is 8.86. The molecule has 3 atom stereocenters. The maximum Gasteiger partial charge on any atom is 0.313 e. The highest BCUT2D eigenvalue weighted by atomic mass is 16.5. The number of hydrogen-bond donors (Lipinski definition) is 0. The fourth-order valence-corrected chi connectivity index (χ4v) is 4.49. The average molecular weight is 264 g/mol. The molecule has 2 rings (SSSR count). The Labute approximate surface area is 115 Å². The van der Waals surface area contributed by atoms with Crippen molar-refractivity contribution in [1.82, 2.24) is 0 Å². The molecule has 0 saturated heterocycles. The number of methoxy groups -OCH3 is 1. The molecule has 0 N–H and O–H groups in total. The minimum atomic E-state index is -0.395. The van der Waals surface area contributed by atoms with Crippen LogP contribution in [0.25, 0.3) is 0 Å². The lowest BCUT2D eigenvalue weighted by atomic mass is 9.48. The van der Waals surface area contributed by atoms with Gasteiger partial charge in [0.25, 0.3) is 0 Å². The van der Waals surface area contributed by atoms with Gasteiger partial charge in [0.05, 0.1) is 13.0 Å². The Morgan fingerprint density at radius 3 is 2.63 bits per heavy atom. The molecule has 0 heterocycles. The van der Waals surface area contributed by atoms with Crippen LogP contribution in [-0.4, -0.2) is 19.4 Å². The SMILES string of the molecule is COC(=O)[C@@H]1C(C=O)=CC[C@H]2C(C)(C)CCC[C@]12C. The standard InChI is InChI=1S/C16H24O3/c1-15(2)8-5-9-16(3)12(15)7-6-11(10-17)13(16)14(18)19-4/h6,10,12-13H,5,7-9H2,1-4H3/t12-,13-,16-/m0/s1. The Balaban J connectivity index is 2.48. The van der Waals surface area contributed by atoms with Gasteiger partial charge in [-0.25, -0.2) is 0 Å². The van der Waals surface area contributed by atoms with E-state index in [1.807, 2.05) is 6.08 Å². The lowest BCUT2D eigenvalue weighted by Crippen LogP contribution is -2.51. The summed E-state index contributed by atoms with van der Waals surface area (Å²) < 4.78 is 4.97. The van der Waals surface area contributed by atoms with Gasteiger partial charge in [-0.15, -0.1) is 0 Å². The minimum absolute atomic E-state index is 0.153. The van der Waals surface area contributed by atoms with Crippen LogP contribution in [0, 0.1) is 22.7 Å². The Morgan fingerprint density at radius 1 is 1.37 bits per heavy atom. The zero-order valence-electron chi connectivity index (χ0n) is 12.4. The number of carbonyl (C=O) groups excluding carboxylic acids is 2. The molecule has 1 saturated carbocycles. The molecule has 3 nitrogen and oxygen atoms in total. The first-order valence-corrected chi connectivity index (χ1v) is 7.10. The van der Waals surface area contributed by atoms with Gasteiger partial charge in [-0.05, 0) is 36.0 Å². The molecule has 0 amide bonds. The predicted molar refractivity (Wildman–Crippen MR) is 73.5 cm³/mol. The van der Waals surface area contributed by atoms with Crippen molar-refractivity contribution in [2.75, 3.05) is 7.11 Å². The summed E-state index contributed by atoms with van der Waals surface area (Å²) in [7, 11) is 1.41. The molecule has 0 unspecified atom stereocenters. The highest BCUT2D eigenvalue weighted by Crippen LogP contribution is 2.59. The van der Waals surface area contributed by atoms with E-state index in [2.05, 4.69) is 20.8 Å². The molecule has 0 spiro atoms. The number of hydrogen-bond acceptors (Lipinski definition) is 3. The fraction of sp³-hybridized carbons (Fsp3) is 0.750. The Kier molecular flexibility index (Phi) is 3.59. The van der Waals surface area contributed by atoms with Crippen molar-refractivity contribution >= 4 is 12.3 Å². The Bertz CT molecular complexity index is 422. The van der Waals surface area contributed by atoms with Crippen molar-refractivity contribution in [3.05, 3.63) is 11.6 Å². The summed E-state index contributed by atoms with van der Waals surface area (Å²) in [4.78, 5) is 23.5. The second-order valence-electron chi connectivity index (χ2n) is 6.91. The van der Waals surface area contributed by atoms with E-state index in [0.717, 1.165) is 25.5 Å². The van der Waals surface area contributed by atoms with E-state index in [1.165, 1.54) is 13.5 Å². The number of rotatable bonds is 2. The van der Waals surface area contributed by atoms with E-state index >= 15 is 0 Å². The fourth-order valence-electron chi connectivity index (χ4n) is 4.49. The summed E-state index contributed by atoms with van der Waals surface area (Å²) in [6, 6.07) is 0. The third kappa shape index (κ3) is 2.13. The van der Waals surface area contributed by atoms with E-state index in [4.69, 9.17) is 4.74 Å². The van der Waals surface area contributed by atoms with Gasteiger partial charge in [0.1, 0.15) is 6.29 Å². The zero-order chi connectivity index (χ0) is 14.3. The van der Waals surface area contributed by atoms with Gasteiger partial charge < -0.3 is 4.74 Å². The molecule has 0 aromatic heterocycles. The summed E-state index contributed by atoms with van der Waals surface area (Å²) >= 11 is 0. The second kappa shape index (κ2) is 4.77. The van der Waals surface area contributed by atoms with Gasteiger partial charge in [-0.1, -0.05) is 33.3 Å². The molecule has 0 radical (unpaired) electrons. The number of esters is 1. The van der Waals surface area contributed by atoms with Gasteiger partial charge in [0.2, 0.25) is 0 Å². The number of ether oxygens (including phenoxy) is 1. The van der Waals surface area contributed by atoms with E-state index in [9.17, 15) is 9.59 Å². The van der Waals surface area contributed by atoms with Crippen LogP contribution in [0.1, 0.15) is 46.5 Å². The van der Waals surface area contributed by atoms with Crippen LogP contribution in [0.15, 0.2) is 11.6 Å². The molecule has 19 heavy (non-hydrogen) atoms. The Hall–Kier alpha value is -1.12. The van der Waals surface area contributed by atoms with Gasteiger partial charge in [0.15, 0.2) is 0 Å². The molecule has 0 aromatic carbocycles. The summed E-state index contributed by atoms with van der Waals surface area (Å²) in [5, 5.41) is 0. The van der Waals surface area contributed by atoms with Crippen molar-refractivity contribution < 1.29 is 14.3 Å². The molecule has 0 aromatic rings. The van der Waals surface area contributed by atoms with Crippen molar-refractivity contribution in [2.45, 2.75) is 46.5 Å². The summed E-state index contributed by atoms with van der Waals surface area (Å²) in [6.45, 7) is 6.73. The zero-order valence-corrected chi connectivity index (χ0v) is 12.4. The van der Waals surface area contributed by atoms with Crippen molar-refractivity contribution in [1.29, 1.82) is 0 Å². The van der Waals surface area contributed by atoms with Gasteiger partial charge in [0, 0.05) is 5.57 Å². The lowest BCUT2D eigenvalue weighted by molar-refractivity contribution is -0.155. The van der Waals surface area contributed by atoms with Gasteiger partial charge >= 0.3 is 5.97 Å². The number of fused-ring (bicyclic) bond motifs is 1. The quantitative estimate of drug-likeness (QED) is 0.568. The van der Waals surface area contributed by atoms with E-state index in [-0.39, 0.29) is 16.8 Å². The smallest absolute Gasteiger partial charge is 0.313 e. The normalized spacial score (nSPS) is 36.9. The number of allylic oxidation sites excluding steroid dienone is 1. The summed E-state index contributed by atoms with van der Waals surface area (Å²) in [6.07, 6.45) is 6.97. The Morgan fingerprint density at radius 2 is 2.05 bits per heavy atom. The third-order valence-corrected chi connectivity index (χ3v) is 5.43. The van der Waals surface area contributed by atoms with Crippen LogP contribution < -0.4 is 0 Å². The predicted octanol–water partition coefficient (Wildman–Crippen LogP) is 3.14. The molecule has 106 valence electrons. The van der Waals surface area contributed by atoms with Crippen LogP contribution in [0.5, 0.6) is 0 Å². The van der Waals surface area contributed by atoms with Crippen LogP contribution in [0.2, 0.25) is 0 Å². The maximum atomic E-state index is 12.2. The monoisotopic (exact) mass is 264 g/mol. The lowest BCUT2D eigenvalue weighted by Gasteiger charge is -2.55. The highest BCUT2D eigenvalue weighted by Gasteiger charge is 2.55. The van der Waals surface area contributed by atoms with Crippen LogP contribution in [0.4, 0.5) is 0 Å². The number of carbonyl (C=O) groups is 2. The summed E-state index contributed by atoms with van der Waals surface area (Å²) in [5.74, 6) is -0.224. The minimum Gasteiger partial charge on any atom is -0.469 e. The largest absolute Gasteiger partial charge is 0.469 e. The first kappa shape index (κ1) is 14.3. The second-order valence-corrected chi connectivity index (χ2v) is 6.91. The molecule has 0 bridgehead atoms. The van der Waals surface area contributed by atoms with Crippen LogP contribution in [0.3, 0.4) is 0 Å². The topological polar surface area (TPSA) is 43.4 Å². The van der Waals surface area contributed by atoms with Crippen LogP contribution >= 0.6 is 0 Å². The molecule has 0 aliphatic heterocycles.